The third kappa shape index (κ3) is 2.19. The Hall–Kier alpha value is -2.12. The van der Waals surface area contributed by atoms with Gasteiger partial charge in [0.15, 0.2) is 0 Å². The Kier molecular flexibility index (Phi) is 2.94. The van der Waals surface area contributed by atoms with Crippen LogP contribution in [0.15, 0.2) is 30.5 Å². The first-order valence-corrected chi connectivity index (χ1v) is 5.36. The molecule has 17 heavy (non-hydrogen) atoms. The number of hydrogen-bond acceptors (Lipinski definition) is 3. The molecule has 0 saturated carbocycles. The maximum atomic E-state index is 9.66. The van der Waals surface area contributed by atoms with E-state index >= 15 is 0 Å². The number of nitrogens with zero attached hydrogens (tertiary/aromatic N) is 3. The molecule has 0 amide bonds. The van der Waals surface area contributed by atoms with Crippen molar-refractivity contribution < 1.29 is 5.11 Å². The van der Waals surface area contributed by atoms with Crippen molar-refractivity contribution in [2.45, 2.75) is 20.0 Å². The Morgan fingerprint density at radius 2 is 2.24 bits per heavy atom. The highest BCUT2D eigenvalue weighted by Crippen LogP contribution is 2.18. The van der Waals surface area contributed by atoms with Crippen LogP contribution in [0.3, 0.4) is 0 Å². The van der Waals surface area contributed by atoms with Crippen molar-refractivity contribution in [3.8, 4) is 11.8 Å². The van der Waals surface area contributed by atoms with E-state index in [4.69, 9.17) is 5.26 Å². The van der Waals surface area contributed by atoms with Crippen LogP contribution in [-0.2, 0) is 0 Å². The molecular weight excluding hydrogens is 214 g/mol. The second-order valence-corrected chi connectivity index (χ2v) is 3.95. The largest absolute Gasteiger partial charge is 0.385 e. The van der Waals surface area contributed by atoms with Gasteiger partial charge in [-0.3, -0.25) is 0 Å². The topological polar surface area (TPSA) is 61.8 Å². The molecule has 1 unspecified atom stereocenters. The number of aryl methyl sites for hydroxylation is 1. The second-order valence-electron chi connectivity index (χ2n) is 3.95. The summed E-state index contributed by atoms with van der Waals surface area (Å²) in [6.45, 7) is 3.54. The fraction of sp³-hybridized carbons (Fsp3) is 0.231. The number of benzene rings is 1. The molecule has 0 aliphatic heterocycles. The van der Waals surface area contributed by atoms with Gasteiger partial charge < -0.3 is 9.67 Å². The highest BCUT2D eigenvalue weighted by molar-refractivity contribution is 5.42. The summed E-state index contributed by atoms with van der Waals surface area (Å²) in [5, 5.41) is 18.5. The fourth-order valence-corrected chi connectivity index (χ4v) is 1.74. The number of hydrogen-bond donors (Lipinski definition) is 1. The first kappa shape index (κ1) is 11.4. The van der Waals surface area contributed by atoms with Gasteiger partial charge in [0, 0.05) is 11.9 Å². The molecule has 0 bridgehead atoms. The standard InChI is InChI=1S/C13H13N3O/c1-9-8-16(13(15-9)10(2)17)12-5-3-4-11(6-12)7-14/h3-6,8,10,17H,1-2H3. The lowest BCUT2D eigenvalue weighted by atomic mass is 10.2. The summed E-state index contributed by atoms with van der Waals surface area (Å²) < 4.78 is 1.81. The zero-order valence-corrected chi connectivity index (χ0v) is 9.75. The minimum Gasteiger partial charge on any atom is -0.385 e. The Morgan fingerprint density at radius 3 is 2.88 bits per heavy atom. The predicted octanol–water partition coefficient (Wildman–Crippen LogP) is 2.11. The smallest absolute Gasteiger partial charge is 0.142 e. The van der Waals surface area contributed by atoms with Gasteiger partial charge in [-0.1, -0.05) is 6.07 Å². The molecule has 4 heteroatoms. The summed E-state index contributed by atoms with van der Waals surface area (Å²) >= 11 is 0. The Morgan fingerprint density at radius 1 is 1.47 bits per heavy atom. The van der Waals surface area contributed by atoms with E-state index in [1.54, 1.807) is 23.6 Å². The normalized spacial score (nSPS) is 12.1. The number of aliphatic hydroxyl groups is 1. The molecule has 86 valence electrons. The van der Waals surface area contributed by atoms with Crippen LogP contribution >= 0.6 is 0 Å². The van der Waals surface area contributed by atoms with Crippen molar-refractivity contribution >= 4 is 0 Å². The molecule has 0 aliphatic carbocycles. The van der Waals surface area contributed by atoms with Crippen LogP contribution < -0.4 is 0 Å². The van der Waals surface area contributed by atoms with Crippen molar-refractivity contribution in [3.05, 3.63) is 47.5 Å². The monoisotopic (exact) mass is 227 g/mol. The second kappa shape index (κ2) is 4.40. The zero-order chi connectivity index (χ0) is 12.4. The van der Waals surface area contributed by atoms with Gasteiger partial charge in [-0.25, -0.2) is 4.98 Å². The van der Waals surface area contributed by atoms with Crippen LogP contribution in [0.25, 0.3) is 5.69 Å². The highest BCUT2D eigenvalue weighted by atomic mass is 16.3. The minimum absolute atomic E-state index is 0.581. The first-order chi connectivity index (χ1) is 8.11. The Balaban J connectivity index is 2.56. The summed E-state index contributed by atoms with van der Waals surface area (Å²) in [7, 11) is 0. The molecule has 2 aromatic rings. The molecule has 0 spiro atoms. The van der Waals surface area contributed by atoms with Gasteiger partial charge >= 0.3 is 0 Å². The van der Waals surface area contributed by atoms with Crippen LogP contribution in [0.5, 0.6) is 0 Å². The SMILES string of the molecule is Cc1cn(-c2cccc(C#N)c2)c(C(C)O)n1. The lowest BCUT2D eigenvalue weighted by Crippen LogP contribution is -2.04. The third-order valence-corrected chi connectivity index (χ3v) is 2.48. The van der Waals surface area contributed by atoms with Crippen molar-refractivity contribution in [2.75, 3.05) is 0 Å². The number of aliphatic hydroxyl groups excluding tert-OH is 1. The van der Waals surface area contributed by atoms with E-state index in [-0.39, 0.29) is 0 Å². The molecule has 0 saturated heterocycles. The molecule has 4 nitrogen and oxygen atoms in total. The van der Waals surface area contributed by atoms with Crippen LogP contribution in [0.1, 0.15) is 30.1 Å². The molecule has 1 atom stereocenters. The van der Waals surface area contributed by atoms with E-state index in [1.165, 1.54) is 0 Å². The fourth-order valence-electron chi connectivity index (χ4n) is 1.74. The predicted molar refractivity (Wildman–Crippen MR) is 63.6 cm³/mol. The van der Waals surface area contributed by atoms with Crippen molar-refractivity contribution in [3.63, 3.8) is 0 Å². The van der Waals surface area contributed by atoms with Gasteiger partial charge in [0.25, 0.3) is 0 Å². The maximum absolute atomic E-state index is 9.66. The molecule has 0 radical (unpaired) electrons. The molecule has 1 heterocycles. The molecular formula is C13H13N3O. The van der Waals surface area contributed by atoms with E-state index in [1.807, 2.05) is 25.3 Å². The quantitative estimate of drug-likeness (QED) is 0.854. The Bertz CT molecular complexity index is 579. The van der Waals surface area contributed by atoms with Gasteiger partial charge in [0.2, 0.25) is 0 Å². The summed E-state index contributed by atoms with van der Waals surface area (Å²) in [6, 6.07) is 9.31. The van der Waals surface area contributed by atoms with Crippen LogP contribution in [0.2, 0.25) is 0 Å². The molecule has 0 aliphatic rings. The first-order valence-electron chi connectivity index (χ1n) is 5.36. The molecule has 0 fully saturated rings. The summed E-state index contributed by atoms with van der Waals surface area (Å²) in [5.41, 5.74) is 2.26. The van der Waals surface area contributed by atoms with Crippen LogP contribution in [-0.4, -0.2) is 14.7 Å². The van der Waals surface area contributed by atoms with E-state index < -0.39 is 6.10 Å². The average molecular weight is 227 g/mol. The van der Waals surface area contributed by atoms with E-state index in [0.717, 1.165) is 11.4 Å². The summed E-state index contributed by atoms with van der Waals surface area (Å²) in [5.74, 6) is 0.581. The number of aromatic nitrogens is 2. The highest BCUT2D eigenvalue weighted by Gasteiger charge is 2.12. The van der Waals surface area contributed by atoms with Gasteiger partial charge in [-0.2, -0.15) is 5.26 Å². The van der Waals surface area contributed by atoms with E-state index in [0.29, 0.717) is 11.4 Å². The summed E-state index contributed by atoms with van der Waals surface area (Å²) in [6.07, 6.45) is 1.20. The van der Waals surface area contributed by atoms with E-state index in [2.05, 4.69) is 11.1 Å². The van der Waals surface area contributed by atoms with Crippen molar-refractivity contribution in [1.82, 2.24) is 9.55 Å². The van der Waals surface area contributed by atoms with Gasteiger partial charge in [-0.15, -0.1) is 0 Å². The maximum Gasteiger partial charge on any atom is 0.142 e. The van der Waals surface area contributed by atoms with Gasteiger partial charge in [-0.05, 0) is 32.0 Å². The third-order valence-electron chi connectivity index (χ3n) is 2.48. The van der Waals surface area contributed by atoms with Crippen LogP contribution in [0.4, 0.5) is 0 Å². The van der Waals surface area contributed by atoms with E-state index in [9.17, 15) is 5.11 Å². The van der Waals surface area contributed by atoms with Crippen LogP contribution in [0, 0.1) is 18.3 Å². The van der Waals surface area contributed by atoms with Gasteiger partial charge in [0.1, 0.15) is 11.9 Å². The van der Waals surface area contributed by atoms with Crippen molar-refractivity contribution in [2.24, 2.45) is 0 Å². The number of imidazole rings is 1. The molecule has 1 aromatic carbocycles. The van der Waals surface area contributed by atoms with Gasteiger partial charge in [0.05, 0.1) is 17.3 Å². The Labute approximate surface area is 99.8 Å². The number of rotatable bonds is 2. The molecule has 2 rings (SSSR count). The minimum atomic E-state index is -0.644. The van der Waals surface area contributed by atoms with Crippen molar-refractivity contribution in [1.29, 1.82) is 5.26 Å². The lowest BCUT2D eigenvalue weighted by molar-refractivity contribution is 0.187. The average Bonchev–Trinajstić information content (AvgIpc) is 2.72. The summed E-state index contributed by atoms with van der Waals surface area (Å²) in [4.78, 5) is 4.27. The molecule has 1 aromatic heterocycles. The lowest BCUT2D eigenvalue weighted by Gasteiger charge is -2.09. The zero-order valence-electron chi connectivity index (χ0n) is 9.75. The molecule has 1 N–H and O–H groups in total. The number of nitriles is 1.